The Balaban J connectivity index is 1.96. The standard InChI is InChI=1S/C17H20N4/c1-12-7-9-13(10-8-12)11-15(19-18)17-14-5-3-4-6-16(14)21(2)20-17/h3-10,15,19H,11,18H2,1-2H3. The van der Waals surface area contributed by atoms with Gasteiger partial charge in [-0.15, -0.1) is 0 Å². The van der Waals surface area contributed by atoms with E-state index in [0.29, 0.717) is 0 Å². The summed E-state index contributed by atoms with van der Waals surface area (Å²) in [5.41, 5.74) is 7.54. The fourth-order valence-corrected chi connectivity index (χ4v) is 2.69. The van der Waals surface area contributed by atoms with E-state index < -0.39 is 0 Å². The predicted octanol–water partition coefficient (Wildman–Crippen LogP) is 2.63. The quantitative estimate of drug-likeness (QED) is 0.570. The van der Waals surface area contributed by atoms with Crippen molar-refractivity contribution in [2.75, 3.05) is 0 Å². The number of aromatic nitrogens is 2. The van der Waals surface area contributed by atoms with Gasteiger partial charge in [0.25, 0.3) is 0 Å². The van der Waals surface area contributed by atoms with Crippen molar-refractivity contribution in [3.05, 3.63) is 65.4 Å². The second kappa shape index (κ2) is 5.68. The molecule has 0 saturated carbocycles. The number of rotatable bonds is 4. The average Bonchev–Trinajstić information content (AvgIpc) is 2.84. The van der Waals surface area contributed by atoms with E-state index in [1.54, 1.807) is 0 Å². The van der Waals surface area contributed by atoms with E-state index in [2.05, 4.69) is 53.8 Å². The van der Waals surface area contributed by atoms with Gasteiger partial charge in [-0.25, -0.2) is 0 Å². The highest BCUT2D eigenvalue weighted by Crippen LogP contribution is 2.25. The number of benzene rings is 2. The van der Waals surface area contributed by atoms with Crippen LogP contribution in [0.1, 0.15) is 22.9 Å². The molecule has 3 rings (SSSR count). The highest BCUT2D eigenvalue weighted by atomic mass is 15.3. The third-order valence-electron chi connectivity index (χ3n) is 3.88. The van der Waals surface area contributed by atoms with Crippen LogP contribution in [0, 0.1) is 6.92 Å². The summed E-state index contributed by atoms with van der Waals surface area (Å²) in [5, 5.41) is 5.80. The van der Waals surface area contributed by atoms with Crippen molar-refractivity contribution >= 4 is 10.9 Å². The number of hydrogen-bond acceptors (Lipinski definition) is 3. The molecule has 0 aliphatic carbocycles. The molecule has 21 heavy (non-hydrogen) atoms. The summed E-state index contributed by atoms with van der Waals surface area (Å²) in [7, 11) is 1.96. The molecule has 4 heteroatoms. The van der Waals surface area contributed by atoms with E-state index in [1.807, 2.05) is 23.9 Å². The van der Waals surface area contributed by atoms with Crippen molar-refractivity contribution in [3.8, 4) is 0 Å². The average molecular weight is 280 g/mol. The molecule has 0 bridgehead atoms. The molecule has 3 aromatic rings. The van der Waals surface area contributed by atoms with Crippen molar-refractivity contribution in [1.29, 1.82) is 0 Å². The van der Waals surface area contributed by atoms with Gasteiger partial charge in [-0.2, -0.15) is 5.10 Å². The smallest absolute Gasteiger partial charge is 0.0889 e. The highest BCUT2D eigenvalue weighted by molar-refractivity contribution is 5.82. The van der Waals surface area contributed by atoms with Crippen LogP contribution < -0.4 is 11.3 Å². The van der Waals surface area contributed by atoms with Crippen LogP contribution in [0.4, 0.5) is 0 Å². The molecule has 0 amide bonds. The number of nitrogens with one attached hydrogen (secondary N) is 1. The van der Waals surface area contributed by atoms with Crippen LogP contribution in [0.25, 0.3) is 10.9 Å². The van der Waals surface area contributed by atoms with Crippen molar-refractivity contribution in [1.82, 2.24) is 15.2 Å². The van der Waals surface area contributed by atoms with Gasteiger partial charge in [0, 0.05) is 12.4 Å². The first kappa shape index (κ1) is 13.8. The first-order chi connectivity index (χ1) is 10.2. The lowest BCUT2D eigenvalue weighted by Gasteiger charge is -2.14. The van der Waals surface area contributed by atoms with Gasteiger partial charge < -0.3 is 0 Å². The maximum absolute atomic E-state index is 5.78. The monoisotopic (exact) mass is 280 g/mol. The Bertz CT molecular complexity index is 743. The number of nitrogens with two attached hydrogens (primary N) is 1. The SMILES string of the molecule is Cc1ccc(CC(NN)c2nn(C)c3ccccc23)cc1. The molecule has 2 aromatic carbocycles. The Morgan fingerprint density at radius 2 is 1.86 bits per heavy atom. The number of hydrogen-bond donors (Lipinski definition) is 2. The number of para-hydroxylation sites is 1. The van der Waals surface area contributed by atoms with Gasteiger partial charge in [0.2, 0.25) is 0 Å². The van der Waals surface area contributed by atoms with E-state index in [0.717, 1.165) is 23.0 Å². The van der Waals surface area contributed by atoms with Crippen LogP contribution in [-0.2, 0) is 13.5 Å². The molecule has 108 valence electrons. The van der Waals surface area contributed by atoms with Crippen molar-refractivity contribution < 1.29 is 0 Å². The van der Waals surface area contributed by atoms with Crippen molar-refractivity contribution in [2.24, 2.45) is 12.9 Å². The molecule has 3 N–H and O–H groups in total. The van der Waals surface area contributed by atoms with E-state index in [9.17, 15) is 0 Å². The van der Waals surface area contributed by atoms with E-state index in [1.165, 1.54) is 11.1 Å². The molecule has 0 aliphatic rings. The third-order valence-corrected chi connectivity index (χ3v) is 3.88. The minimum Gasteiger partial charge on any atom is -0.271 e. The van der Waals surface area contributed by atoms with E-state index in [-0.39, 0.29) is 6.04 Å². The highest BCUT2D eigenvalue weighted by Gasteiger charge is 2.18. The number of aryl methyl sites for hydroxylation is 2. The third kappa shape index (κ3) is 2.68. The Kier molecular flexibility index (Phi) is 3.73. The molecule has 4 nitrogen and oxygen atoms in total. The Morgan fingerprint density at radius 1 is 1.14 bits per heavy atom. The van der Waals surface area contributed by atoms with Gasteiger partial charge in [0.1, 0.15) is 0 Å². The molecular weight excluding hydrogens is 260 g/mol. The molecule has 0 spiro atoms. The van der Waals surface area contributed by atoms with Gasteiger partial charge >= 0.3 is 0 Å². The van der Waals surface area contributed by atoms with Gasteiger partial charge in [0.15, 0.2) is 0 Å². The number of fused-ring (bicyclic) bond motifs is 1. The topological polar surface area (TPSA) is 55.9 Å². The van der Waals surface area contributed by atoms with Gasteiger partial charge in [-0.3, -0.25) is 16.0 Å². The molecule has 1 heterocycles. The lowest BCUT2D eigenvalue weighted by Crippen LogP contribution is -2.30. The second-order valence-corrected chi connectivity index (χ2v) is 5.43. The minimum atomic E-state index is -0.00111. The summed E-state index contributed by atoms with van der Waals surface area (Å²) in [4.78, 5) is 0. The van der Waals surface area contributed by atoms with Gasteiger partial charge in [-0.1, -0.05) is 48.0 Å². The summed E-state index contributed by atoms with van der Waals surface area (Å²) < 4.78 is 1.91. The summed E-state index contributed by atoms with van der Waals surface area (Å²) in [6.45, 7) is 2.09. The van der Waals surface area contributed by atoms with Crippen molar-refractivity contribution in [2.45, 2.75) is 19.4 Å². The molecule has 0 aliphatic heterocycles. The summed E-state index contributed by atoms with van der Waals surface area (Å²) in [6.07, 6.45) is 0.817. The predicted molar refractivity (Wildman–Crippen MR) is 85.7 cm³/mol. The molecule has 1 unspecified atom stereocenters. The summed E-state index contributed by atoms with van der Waals surface area (Å²) >= 11 is 0. The zero-order valence-corrected chi connectivity index (χ0v) is 12.4. The van der Waals surface area contributed by atoms with Crippen LogP contribution in [0.2, 0.25) is 0 Å². The van der Waals surface area contributed by atoms with Crippen LogP contribution in [0.3, 0.4) is 0 Å². The van der Waals surface area contributed by atoms with Gasteiger partial charge in [-0.05, 0) is 25.0 Å². The van der Waals surface area contributed by atoms with E-state index >= 15 is 0 Å². The zero-order valence-electron chi connectivity index (χ0n) is 12.4. The number of nitrogens with zero attached hydrogens (tertiary/aromatic N) is 2. The zero-order chi connectivity index (χ0) is 14.8. The van der Waals surface area contributed by atoms with Crippen molar-refractivity contribution in [3.63, 3.8) is 0 Å². The minimum absolute atomic E-state index is 0.00111. The fourth-order valence-electron chi connectivity index (χ4n) is 2.69. The Labute approximate surface area is 124 Å². The normalized spacial score (nSPS) is 12.7. The number of hydrazine groups is 1. The van der Waals surface area contributed by atoms with Crippen LogP contribution in [-0.4, -0.2) is 9.78 Å². The molecular formula is C17H20N4. The van der Waals surface area contributed by atoms with Crippen LogP contribution >= 0.6 is 0 Å². The summed E-state index contributed by atoms with van der Waals surface area (Å²) in [5.74, 6) is 5.78. The first-order valence-electron chi connectivity index (χ1n) is 7.12. The molecule has 1 aromatic heterocycles. The molecule has 0 radical (unpaired) electrons. The molecule has 0 saturated heterocycles. The lowest BCUT2D eigenvalue weighted by molar-refractivity contribution is 0.532. The lowest BCUT2D eigenvalue weighted by atomic mass is 10.0. The fraction of sp³-hybridized carbons (Fsp3) is 0.235. The van der Waals surface area contributed by atoms with E-state index in [4.69, 9.17) is 5.84 Å². The maximum atomic E-state index is 5.78. The molecule has 0 fully saturated rings. The Morgan fingerprint density at radius 3 is 2.57 bits per heavy atom. The maximum Gasteiger partial charge on any atom is 0.0889 e. The largest absolute Gasteiger partial charge is 0.271 e. The Hall–Kier alpha value is -2.17. The van der Waals surface area contributed by atoms with Gasteiger partial charge in [0.05, 0.1) is 17.3 Å². The van der Waals surface area contributed by atoms with Crippen LogP contribution in [0.15, 0.2) is 48.5 Å². The summed E-state index contributed by atoms with van der Waals surface area (Å²) in [6, 6.07) is 16.8. The van der Waals surface area contributed by atoms with Crippen LogP contribution in [0.5, 0.6) is 0 Å². The second-order valence-electron chi connectivity index (χ2n) is 5.43. The molecule has 1 atom stereocenters. The first-order valence-corrected chi connectivity index (χ1v) is 7.12.